The summed E-state index contributed by atoms with van der Waals surface area (Å²) < 4.78 is 0. The van der Waals surface area contributed by atoms with Gasteiger partial charge < -0.3 is 5.32 Å². The van der Waals surface area contributed by atoms with Gasteiger partial charge in [0.2, 0.25) is 0 Å². The van der Waals surface area contributed by atoms with Crippen LogP contribution in [0.25, 0.3) is 0 Å². The minimum Gasteiger partial charge on any atom is -0.339 e. The molecule has 0 bridgehead atoms. The van der Waals surface area contributed by atoms with E-state index in [-0.39, 0.29) is 5.41 Å². The number of aromatic amines is 1. The molecule has 0 spiro atoms. The monoisotopic (exact) mass is 243 g/mol. The Bertz CT molecular complexity index is 503. The molecular formula is C15H21N3. The quantitative estimate of drug-likeness (QED) is 0.853. The molecule has 0 fully saturated rings. The SMILES string of the molecule is Cc1ccc(Nc2cc(CC(C)(C)C)[nH]n2)cc1. The lowest BCUT2D eigenvalue weighted by atomic mass is 9.91. The van der Waals surface area contributed by atoms with Crippen molar-refractivity contribution in [1.82, 2.24) is 10.2 Å². The Balaban J connectivity index is 2.04. The molecule has 0 amide bonds. The summed E-state index contributed by atoms with van der Waals surface area (Å²) in [5.41, 5.74) is 3.76. The Kier molecular flexibility index (Phi) is 3.41. The molecule has 18 heavy (non-hydrogen) atoms. The van der Waals surface area contributed by atoms with Crippen LogP contribution < -0.4 is 5.32 Å². The Hall–Kier alpha value is -1.77. The van der Waals surface area contributed by atoms with E-state index in [0.29, 0.717) is 0 Å². The van der Waals surface area contributed by atoms with Gasteiger partial charge in [-0.15, -0.1) is 0 Å². The lowest BCUT2D eigenvalue weighted by Gasteiger charge is -2.15. The van der Waals surface area contributed by atoms with Crippen LogP contribution in [0, 0.1) is 12.3 Å². The Labute approximate surface area is 109 Å². The van der Waals surface area contributed by atoms with E-state index in [4.69, 9.17) is 0 Å². The van der Waals surface area contributed by atoms with Crippen molar-refractivity contribution in [3.05, 3.63) is 41.6 Å². The molecule has 2 aromatic rings. The van der Waals surface area contributed by atoms with Crippen LogP contribution in [0.3, 0.4) is 0 Å². The van der Waals surface area contributed by atoms with Crippen molar-refractivity contribution >= 4 is 11.5 Å². The van der Waals surface area contributed by atoms with Crippen molar-refractivity contribution in [3.63, 3.8) is 0 Å². The molecule has 0 aliphatic rings. The highest BCUT2D eigenvalue weighted by Crippen LogP contribution is 2.22. The second-order valence-electron chi connectivity index (χ2n) is 6.01. The molecular weight excluding hydrogens is 222 g/mol. The number of nitrogens with one attached hydrogen (secondary N) is 2. The molecule has 0 saturated heterocycles. The third kappa shape index (κ3) is 3.62. The highest BCUT2D eigenvalue weighted by molar-refractivity contribution is 5.56. The van der Waals surface area contributed by atoms with Gasteiger partial charge in [0.15, 0.2) is 5.82 Å². The Morgan fingerprint density at radius 1 is 1.17 bits per heavy atom. The summed E-state index contributed by atoms with van der Waals surface area (Å²) in [7, 11) is 0. The zero-order valence-electron chi connectivity index (χ0n) is 11.5. The summed E-state index contributed by atoms with van der Waals surface area (Å²) in [6, 6.07) is 10.4. The van der Waals surface area contributed by atoms with E-state index in [2.05, 4.69) is 73.5 Å². The topological polar surface area (TPSA) is 40.7 Å². The molecule has 0 unspecified atom stereocenters. The molecule has 0 atom stereocenters. The van der Waals surface area contributed by atoms with Crippen molar-refractivity contribution < 1.29 is 0 Å². The van der Waals surface area contributed by atoms with E-state index in [0.717, 1.165) is 23.6 Å². The normalized spacial score (nSPS) is 11.6. The number of anilines is 2. The summed E-state index contributed by atoms with van der Waals surface area (Å²) in [6.07, 6.45) is 0.996. The number of H-pyrrole nitrogens is 1. The zero-order chi connectivity index (χ0) is 13.2. The molecule has 0 radical (unpaired) electrons. The second kappa shape index (κ2) is 4.84. The molecule has 0 saturated carbocycles. The molecule has 2 N–H and O–H groups in total. The number of aromatic nitrogens is 2. The zero-order valence-corrected chi connectivity index (χ0v) is 11.5. The predicted octanol–water partition coefficient (Wildman–Crippen LogP) is 4.05. The molecule has 96 valence electrons. The molecule has 0 aliphatic carbocycles. The van der Waals surface area contributed by atoms with Crippen LogP contribution in [-0.2, 0) is 6.42 Å². The molecule has 1 aromatic heterocycles. The number of hydrogen-bond donors (Lipinski definition) is 2. The first-order valence-electron chi connectivity index (χ1n) is 6.30. The van der Waals surface area contributed by atoms with Gasteiger partial charge in [0.05, 0.1) is 0 Å². The van der Waals surface area contributed by atoms with Gasteiger partial charge in [-0.25, -0.2) is 0 Å². The van der Waals surface area contributed by atoms with E-state index in [1.165, 1.54) is 5.56 Å². The van der Waals surface area contributed by atoms with Gasteiger partial charge in [-0.05, 0) is 30.9 Å². The number of hydrogen-bond acceptors (Lipinski definition) is 2. The molecule has 0 aliphatic heterocycles. The minimum absolute atomic E-state index is 0.271. The number of rotatable bonds is 3. The molecule has 3 nitrogen and oxygen atoms in total. The van der Waals surface area contributed by atoms with Crippen molar-refractivity contribution in [2.75, 3.05) is 5.32 Å². The standard InChI is InChI=1S/C15H21N3/c1-11-5-7-12(8-6-11)16-14-9-13(17-18-14)10-15(2,3)4/h5-9H,10H2,1-4H3,(H2,16,17,18). The van der Waals surface area contributed by atoms with Crippen molar-refractivity contribution in [2.24, 2.45) is 5.41 Å². The van der Waals surface area contributed by atoms with E-state index < -0.39 is 0 Å². The van der Waals surface area contributed by atoms with Crippen molar-refractivity contribution in [1.29, 1.82) is 0 Å². The molecule has 3 heteroatoms. The van der Waals surface area contributed by atoms with E-state index in [1.807, 2.05) is 0 Å². The lowest BCUT2D eigenvalue weighted by molar-refractivity contribution is 0.406. The first kappa shape index (κ1) is 12.7. The highest BCUT2D eigenvalue weighted by atomic mass is 15.2. The summed E-state index contributed by atoms with van der Waals surface area (Å²) in [6.45, 7) is 8.75. The third-order valence-electron chi connectivity index (χ3n) is 2.68. The van der Waals surface area contributed by atoms with Crippen molar-refractivity contribution in [3.8, 4) is 0 Å². The van der Waals surface area contributed by atoms with Gasteiger partial charge in [-0.3, -0.25) is 5.10 Å². The van der Waals surface area contributed by atoms with Crippen LogP contribution in [-0.4, -0.2) is 10.2 Å². The lowest BCUT2D eigenvalue weighted by Crippen LogP contribution is -2.09. The fourth-order valence-electron chi connectivity index (χ4n) is 1.87. The maximum absolute atomic E-state index is 4.28. The first-order valence-corrected chi connectivity index (χ1v) is 6.30. The van der Waals surface area contributed by atoms with Gasteiger partial charge in [-0.2, -0.15) is 5.10 Å². The summed E-state index contributed by atoms with van der Waals surface area (Å²) in [5, 5.41) is 10.7. The summed E-state index contributed by atoms with van der Waals surface area (Å²) in [5.74, 6) is 0.873. The largest absolute Gasteiger partial charge is 0.339 e. The predicted molar refractivity (Wildman–Crippen MR) is 76.2 cm³/mol. The van der Waals surface area contributed by atoms with Crippen molar-refractivity contribution in [2.45, 2.75) is 34.1 Å². The van der Waals surface area contributed by atoms with E-state index in [1.54, 1.807) is 0 Å². The fraction of sp³-hybridized carbons (Fsp3) is 0.400. The van der Waals surface area contributed by atoms with E-state index in [9.17, 15) is 0 Å². The highest BCUT2D eigenvalue weighted by Gasteiger charge is 2.13. The summed E-state index contributed by atoms with van der Waals surface area (Å²) in [4.78, 5) is 0. The van der Waals surface area contributed by atoms with Gasteiger partial charge in [0.1, 0.15) is 0 Å². The maximum Gasteiger partial charge on any atom is 0.152 e. The Morgan fingerprint density at radius 2 is 1.83 bits per heavy atom. The van der Waals surface area contributed by atoms with Gasteiger partial charge >= 0.3 is 0 Å². The average Bonchev–Trinajstić information content (AvgIpc) is 2.66. The maximum atomic E-state index is 4.28. The number of nitrogens with zero attached hydrogens (tertiary/aromatic N) is 1. The Morgan fingerprint density at radius 3 is 2.44 bits per heavy atom. The number of aryl methyl sites for hydroxylation is 1. The average molecular weight is 243 g/mol. The molecule has 2 rings (SSSR count). The van der Waals surface area contributed by atoms with E-state index >= 15 is 0 Å². The first-order chi connectivity index (χ1) is 8.42. The van der Waals surface area contributed by atoms with Crippen LogP contribution in [0.1, 0.15) is 32.0 Å². The van der Waals surface area contributed by atoms with Crippen LogP contribution in [0.4, 0.5) is 11.5 Å². The van der Waals surface area contributed by atoms with Crippen LogP contribution in [0.15, 0.2) is 30.3 Å². The van der Waals surface area contributed by atoms with Crippen LogP contribution >= 0.6 is 0 Å². The second-order valence-corrected chi connectivity index (χ2v) is 6.01. The third-order valence-corrected chi connectivity index (χ3v) is 2.68. The van der Waals surface area contributed by atoms with Gasteiger partial charge in [0.25, 0.3) is 0 Å². The number of benzene rings is 1. The van der Waals surface area contributed by atoms with Crippen LogP contribution in [0.2, 0.25) is 0 Å². The van der Waals surface area contributed by atoms with Gasteiger partial charge in [0, 0.05) is 17.4 Å². The fourth-order valence-corrected chi connectivity index (χ4v) is 1.87. The molecule has 1 heterocycles. The summed E-state index contributed by atoms with van der Waals surface area (Å²) >= 11 is 0. The molecule has 1 aromatic carbocycles. The van der Waals surface area contributed by atoms with Crippen LogP contribution in [0.5, 0.6) is 0 Å². The smallest absolute Gasteiger partial charge is 0.152 e. The van der Waals surface area contributed by atoms with Gasteiger partial charge in [-0.1, -0.05) is 38.5 Å². The minimum atomic E-state index is 0.271.